The standard InChI is InChI=1S/C31H28N2O3/c1-31-26-23-11-5-3-9-21(23)25(22-10-4-6-12-24(22)26)27(31)29(35)33(30(31)36)20-15-13-19(14-16-20)28(34)32-17-7-2-8-18-32/h3-6,9-16,25-27H,2,7-8,17-18H2,1H3/t25?,26?,27-,31-/m1/s1. The monoisotopic (exact) mass is 476 g/mol. The lowest BCUT2D eigenvalue weighted by Crippen LogP contribution is -2.49. The van der Waals surface area contributed by atoms with Crippen LogP contribution in [-0.2, 0) is 9.59 Å². The number of anilines is 1. The summed E-state index contributed by atoms with van der Waals surface area (Å²) in [6, 6.07) is 23.6. The van der Waals surface area contributed by atoms with Crippen molar-refractivity contribution in [2.24, 2.45) is 11.3 Å². The Hall–Kier alpha value is -3.73. The minimum Gasteiger partial charge on any atom is -0.339 e. The first-order chi connectivity index (χ1) is 17.5. The lowest BCUT2D eigenvalue weighted by molar-refractivity contribution is -0.128. The van der Waals surface area contributed by atoms with E-state index in [0.717, 1.165) is 54.6 Å². The van der Waals surface area contributed by atoms with Gasteiger partial charge in [-0.25, -0.2) is 4.90 Å². The Morgan fingerprint density at radius 3 is 1.92 bits per heavy atom. The molecule has 3 aliphatic carbocycles. The van der Waals surface area contributed by atoms with Crippen molar-refractivity contribution in [3.05, 3.63) is 101 Å². The van der Waals surface area contributed by atoms with E-state index in [1.807, 2.05) is 36.1 Å². The molecule has 0 spiro atoms. The number of amides is 3. The van der Waals surface area contributed by atoms with E-state index in [9.17, 15) is 14.4 Å². The van der Waals surface area contributed by atoms with Crippen LogP contribution in [0, 0.1) is 11.3 Å². The fourth-order valence-electron chi connectivity index (χ4n) is 7.39. The van der Waals surface area contributed by atoms with E-state index in [-0.39, 0.29) is 29.6 Å². The zero-order chi connectivity index (χ0) is 24.6. The normalized spacial score (nSPS) is 28.1. The summed E-state index contributed by atoms with van der Waals surface area (Å²) in [5, 5.41) is 0. The molecule has 2 saturated heterocycles. The van der Waals surface area contributed by atoms with Gasteiger partial charge in [-0.15, -0.1) is 0 Å². The number of rotatable bonds is 2. The molecular weight excluding hydrogens is 448 g/mol. The number of carbonyl (C=O) groups is 3. The Balaban J connectivity index is 1.29. The molecule has 8 rings (SSSR count). The topological polar surface area (TPSA) is 57.7 Å². The van der Waals surface area contributed by atoms with Crippen molar-refractivity contribution < 1.29 is 14.4 Å². The summed E-state index contributed by atoms with van der Waals surface area (Å²) in [5.41, 5.74) is 4.93. The maximum atomic E-state index is 14.2. The molecule has 3 aromatic carbocycles. The quantitative estimate of drug-likeness (QED) is 0.484. The molecule has 0 N–H and O–H groups in total. The van der Waals surface area contributed by atoms with Crippen LogP contribution < -0.4 is 4.90 Å². The Bertz CT molecular complexity index is 1370. The summed E-state index contributed by atoms with van der Waals surface area (Å²) in [7, 11) is 0. The first kappa shape index (κ1) is 21.5. The molecule has 5 nitrogen and oxygen atoms in total. The molecule has 2 bridgehead atoms. The Morgan fingerprint density at radius 1 is 0.778 bits per heavy atom. The molecule has 5 aliphatic rings. The molecule has 2 fully saturated rings. The summed E-state index contributed by atoms with van der Waals surface area (Å²) in [6.45, 7) is 3.55. The van der Waals surface area contributed by atoms with Gasteiger partial charge in [0, 0.05) is 30.5 Å². The van der Waals surface area contributed by atoms with E-state index < -0.39 is 11.3 Å². The predicted molar refractivity (Wildman–Crippen MR) is 137 cm³/mol. The largest absolute Gasteiger partial charge is 0.339 e. The molecular formula is C31H28N2O3. The number of likely N-dealkylation sites (tertiary alicyclic amines) is 1. The maximum Gasteiger partial charge on any atom is 0.253 e. The SMILES string of the molecule is C[C@]12C(=O)N(c3ccc(C(=O)N4CCCCC4)cc3)C(=O)[C@H]1C1c3ccccc3C2c2ccccc21. The van der Waals surface area contributed by atoms with Crippen LogP contribution in [0.3, 0.4) is 0 Å². The van der Waals surface area contributed by atoms with Gasteiger partial charge in [0.15, 0.2) is 0 Å². The highest BCUT2D eigenvalue weighted by Crippen LogP contribution is 2.67. The summed E-state index contributed by atoms with van der Waals surface area (Å²) in [4.78, 5) is 44.5. The van der Waals surface area contributed by atoms with Gasteiger partial charge in [0.05, 0.1) is 17.0 Å². The van der Waals surface area contributed by atoms with Crippen molar-refractivity contribution in [3.63, 3.8) is 0 Å². The molecule has 2 aliphatic heterocycles. The van der Waals surface area contributed by atoms with Crippen LogP contribution in [0.5, 0.6) is 0 Å². The number of hydrogen-bond acceptors (Lipinski definition) is 3. The van der Waals surface area contributed by atoms with E-state index in [4.69, 9.17) is 0 Å². The highest BCUT2D eigenvalue weighted by molar-refractivity contribution is 6.25. The van der Waals surface area contributed by atoms with E-state index in [1.165, 1.54) is 4.90 Å². The highest BCUT2D eigenvalue weighted by atomic mass is 16.2. The third-order valence-electron chi connectivity index (χ3n) is 9.03. The molecule has 36 heavy (non-hydrogen) atoms. The molecule has 0 saturated carbocycles. The molecule has 5 heteroatoms. The molecule has 3 aromatic rings. The van der Waals surface area contributed by atoms with Gasteiger partial charge >= 0.3 is 0 Å². The van der Waals surface area contributed by atoms with Gasteiger partial charge in [-0.2, -0.15) is 0 Å². The summed E-state index contributed by atoms with van der Waals surface area (Å²) >= 11 is 0. The third-order valence-corrected chi connectivity index (χ3v) is 9.03. The minimum absolute atomic E-state index is 0.0184. The van der Waals surface area contributed by atoms with Crippen molar-refractivity contribution in [3.8, 4) is 0 Å². The number of benzene rings is 3. The van der Waals surface area contributed by atoms with Crippen molar-refractivity contribution in [1.82, 2.24) is 4.90 Å². The van der Waals surface area contributed by atoms with Crippen molar-refractivity contribution in [2.45, 2.75) is 38.0 Å². The van der Waals surface area contributed by atoms with Crippen LogP contribution in [0.2, 0.25) is 0 Å². The summed E-state index contributed by atoms with van der Waals surface area (Å²) in [6.07, 6.45) is 3.24. The molecule has 0 aromatic heterocycles. The van der Waals surface area contributed by atoms with Gasteiger partial charge < -0.3 is 4.90 Å². The van der Waals surface area contributed by atoms with E-state index >= 15 is 0 Å². The second-order valence-electron chi connectivity index (χ2n) is 10.8. The first-order valence-electron chi connectivity index (χ1n) is 13.0. The molecule has 0 unspecified atom stereocenters. The van der Waals surface area contributed by atoms with Crippen molar-refractivity contribution in [2.75, 3.05) is 18.0 Å². The summed E-state index contributed by atoms with van der Waals surface area (Å²) < 4.78 is 0. The van der Waals surface area contributed by atoms with Gasteiger partial charge in [-0.05, 0) is 72.7 Å². The van der Waals surface area contributed by atoms with Crippen LogP contribution >= 0.6 is 0 Å². The maximum absolute atomic E-state index is 14.2. The van der Waals surface area contributed by atoms with Crippen LogP contribution in [0.1, 0.15) is 70.6 Å². The number of imide groups is 1. The second kappa shape index (κ2) is 7.63. The lowest BCUT2D eigenvalue weighted by Gasteiger charge is -2.51. The van der Waals surface area contributed by atoms with Crippen LogP contribution in [0.4, 0.5) is 5.69 Å². The zero-order valence-corrected chi connectivity index (χ0v) is 20.3. The summed E-state index contributed by atoms with van der Waals surface area (Å²) in [5.74, 6) is -1.03. The van der Waals surface area contributed by atoms with Gasteiger partial charge in [0.25, 0.3) is 5.91 Å². The van der Waals surface area contributed by atoms with Crippen LogP contribution in [0.15, 0.2) is 72.8 Å². The predicted octanol–water partition coefficient (Wildman–Crippen LogP) is 5.10. The first-order valence-corrected chi connectivity index (χ1v) is 13.0. The van der Waals surface area contributed by atoms with E-state index in [2.05, 4.69) is 24.3 Å². The molecule has 0 radical (unpaired) electrons. The number of piperidine rings is 1. The smallest absolute Gasteiger partial charge is 0.253 e. The lowest BCUT2D eigenvalue weighted by atomic mass is 9.48. The Kier molecular flexibility index (Phi) is 4.57. The minimum atomic E-state index is -0.854. The van der Waals surface area contributed by atoms with Gasteiger partial charge in [0.2, 0.25) is 11.8 Å². The fraction of sp³-hybridized carbons (Fsp3) is 0.323. The molecule has 180 valence electrons. The number of nitrogens with zero attached hydrogens (tertiary/aromatic N) is 2. The highest BCUT2D eigenvalue weighted by Gasteiger charge is 2.68. The second-order valence-corrected chi connectivity index (χ2v) is 10.8. The van der Waals surface area contributed by atoms with Crippen LogP contribution in [0.25, 0.3) is 0 Å². The molecule has 2 heterocycles. The fourth-order valence-corrected chi connectivity index (χ4v) is 7.39. The van der Waals surface area contributed by atoms with E-state index in [1.54, 1.807) is 24.3 Å². The Morgan fingerprint density at radius 2 is 1.33 bits per heavy atom. The van der Waals surface area contributed by atoms with E-state index in [0.29, 0.717) is 11.3 Å². The van der Waals surface area contributed by atoms with Crippen molar-refractivity contribution in [1.29, 1.82) is 0 Å². The third kappa shape index (κ3) is 2.69. The average Bonchev–Trinajstić information content (AvgIpc) is 3.14. The average molecular weight is 477 g/mol. The van der Waals surface area contributed by atoms with Gasteiger partial charge in [-0.1, -0.05) is 48.5 Å². The van der Waals surface area contributed by atoms with Gasteiger partial charge in [-0.3, -0.25) is 14.4 Å². The Labute approximate surface area is 210 Å². The molecule has 3 amide bonds. The zero-order valence-electron chi connectivity index (χ0n) is 20.3. The van der Waals surface area contributed by atoms with Crippen LogP contribution in [-0.4, -0.2) is 35.7 Å². The van der Waals surface area contributed by atoms with Gasteiger partial charge in [0.1, 0.15) is 0 Å². The van der Waals surface area contributed by atoms with Crippen molar-refractivity contribution >= 4 is 23.4 Å². The molecule has 2 atom stereocenters. The number of carbonyl (C=O) groups excluding carboxylic acids is 3. The number of hydrogen-bond donors (Lipinski definition) is 0.